The standard InChI is InChI=1S/C23H35N3O3/c1-3-29-22(27)23-9-7-21(26-11-13-28-14-12-26)15-19(23)8-10-25(17-23)16-20-6-4-5-18(2)24-20/h4-6,19,21H,3,7-17H2,1-2H3/t19-,21+,23-/m1/s1. The van der Waals surface area contributed by atoms with E-state index in [2.05, 4.69) is 26.9 Å². The molecular weight excluding hydrogens is 366 g/mol. The Morgan fingerprint density at radius 3 is 2.86 bits per heavy atom. The number of hydrogen-bond acceptors (Lipinski definition) is 6. The van der Waals surface area contributed by atoms with E-state index in [1.54, 1.807) is 0 Å². The Morgan fingerprint density at radius 1 is 1.28 bits per heavy atom. The smallest absolute Gasteiger partial charge is 0.313 e. The summed E-state index contributed by atoms with van der Waals surface area (Å²) >= 11 is 0. The second kappa shape index (κ2) is 9.11. The Labute approximate surface area is 174 Å². The minimum Gasteiger partial charge on any atom is -0.466 e. The number of hydrogen-bond donors (Lipinski definition) is 0. The Balaban J connectivity index is 1.48. The zero-order chi connectivity index (χ0) is 20.3. The first kappa shape index (κ1) is 20.8. The lowest BCUT2D eigenvalue weighted by Crippen LogP contribution is -2.58. The van der Waals surface area contributed by atoms with Crippen molar-refractivity contribution in [3.8, 4) is 0 Å². The summed E-state index contributed by atoms with van der Waals surface area (Å²) in [5, 5.41) is 0. The lowest BCUT2D eigenvalue weighted by atomic mass is 9.61. The van der Waals surface area contributed by atoms with Crippen molar-refractivity contribution < 1.29 is 14.3 Å². The van der Waals surface area contributed by atoms with Crippen LogP contribution in [0.2, 0.25) is 0 Å². The van der Waals surface area contributed by atoms with E-state index in [9.17, 15) is 4.79 Å². The molecule has 1 aromatic heterocycles. The number of nitrogens with zero attached hydrogens (tertiary/aromatic N) is 3. The van der Waals surface area contributed by atoms with Gasteiger partial charge in [-0.1, -0.05) is 6.07 Å². The van der Waals surface area contributed by atoms with E-state index in [4.69, 9.17) is 9.47 Å². The topological polar surface area (TPSA) is 54.9 Å². The highest BCUT2D eigenvalue weighted by Crippen LogP contribution is 2.48. The van der Waals surface area contributed by atoms with Gasteiger partial charge in [-0.3, -0.25) is 19.6 Å². The van der Waals surface area contributed by atoms with Crippen LogP contribution in [0.25, 0.3) is 0 Å². The van der Waals surface area contributed by atoms with Crippen molar-refractivity contribution in [3.63, 3.8) is 0 Å². The first-order valence-electron chi connectivity index (χ1n) is 11.2. The van der Waals surface area contributed by atoms with E-state index in [0.29, 0.717) is 18.6 Å². The molecule has 0 N–H and O–H groups in total. The van der Waals surface area contributed by atoms with Crippen molar-refractivity contribution in [2.75, 3.05) is 46.0 Å². The molecule has 4 rings (SSSR count). The predicted molar refractivity (Wildman–Crippen MR) is 111 cm³/mol. The Hall–Kier alpha value is -1.50. The van der Waals surface area contributed by atoms with E-state index < -0.39 is 0 Å². The Morgan fingerprint density at radius 2 is 2.10 bits per heavy atom. The molecule has 3 aliphatic rings. The third kappa shape index (κ3) is 4.49. The van der Waals surface area contributed by atoms with Crippen LogP contribution in [0.15, 0.2) is 18.2 Å². The van der Waals surface area contributed by atoms with Gasteiger partial charge in [0.15, 0.2) is 0 Å². The monoisotopic (exact) mass is 401 g/mol. The summed E-state index contributed by atoms with van der Waals surface area (Å²) in [4.78, 5) is 22.9. The van der Waals surface area contributed by atoms with Crippen LogP contribution in [0, 0.1) is 18.3 Å². The molecule has 1 aromatic rings. The Bertz CT molecular complexity index is 706. The van der Waals surface area contributed by atoms with E-state index in [-0.39, 0.29) is 11.4 Å². The Kier molecular flexibility index (Phi) is 6.52. The molecule has 0 bridgehead atoms. The van der Waals surface area contributed by atoms with Gasteiger partial charge in [0.05, 0.1) is 30.9 Å². The predicted octanol–water partition coefficient (Wildman–Crippen LogP) is 2.65. The number of piperidine rings is 1. The van der Waals surface area contributed by atoms with Gasteiger partial charge in [-0.2, -0.15) is 0 Å². The molecule has 0 spiro atoms. The van der Waals surface area contributed by atoms with Gasteiger partial charge in [0.25, 0.3) is 0 Å². The maximum absolute atomic E-state index is 13.2. The SMILES string of the molecule is CCOC(=O)[C@@]12CC[C@H](N3CCOCC3)C[C@H]1CCN(Cc1cccc(C)n1)C2. The molecule has 1 saturated carbocycles. The molecule has 1 aliphatic carbocycles. The van der Waals surface area contributed by atoms with Crippen LogP contribution >= 0.6 is 0 Å². The van der Waals surface area contributed by atoms with Crippen molar-refractivity contribution in [2.45, 2.75) is 52.1 Å². The zero-order valence-electron chi connectivity index (χ0n) is 17.9. The molecule has 0 radical (unpaired) electrons. The number of carbonyl (C=O) groups is 1. The number of aryl methyl sites for hydroxylation is 1. The molecule has 2 aliphatic heterocycles. The number of fused-ring (bicyclic) bond motifs is 1. The highest BCUT2D eigenvalue weighted by Gasteiger charge is 2.53. The maximum Gasteiger partial charge on any atom is 0.313 e. The molecule has 3 fully saturated rings. The summed E-state index contributed by atoms with van der Waals surface area (Å²) in [6.07, 6.45) is 4.17. The van der Waals surface area contributed by atoms with Crippen LogP contribution in [0.4, 0.5) is 0 Å². The molecule has 6 nitrogen and oxygen atoms in total. The lowest BCUT2D eigenvalue weighted by Gasteiger charge is -2.52. The van der Waals surface area contributed by atoms with Crippen molar-refractivity contribution >= 4 is 5.97 Å². The summed E-state index contributed by atoms with van der Waals surface area (Å²) in [6, 6.07) is 6.77. The fraction of sp³-hybridized carbons (Fsp3) is 0.739. The summed E-state index contributed by atoms with van der Waals surface area (Å²) in [5.41, 5.74) is 1.77. The van der Waals surface area contributed by atoms with Gasteiger partial charge in [0.1, 0.15) is 0 Å². The molecular formula is C23H35N3O3. The molecule has 2 saturated heterocycles. The van der Waals surface area contributed by atoms with Gasteiger partial charge in [-0.15, -0.1) is 0 Å². The summed E-state index contributed by atoms with van der Waals surface area (Å²) in [7, 11) is 0. The maximum atomic E-state index is 13.2. The van der Waals surface area contributed by atoms with E-state index >= 15 is 0 Å². The van der Waals surface area contributed by atoms with E-state index in [1.165, 1.54) is 0 Å². The largest absolute Gasteiger partial charge is 0.466 e. The molecule has 6 heteroatoms. The normalized spacial score (nSPS) is 31.2. The van der Waals surface area contributed by atoms with Crippen LogP contribution in [-0.4, -0.2) is 72.8 Å². The van der Waals surface area contributed by atoms with Gasteiger partial charge < -0.3 is 9.47 Å². The van der Waals surface area contributed by atoms with E-state index in [0.717, 1.165) is 83.0 Å². The molecule has 0 unspecified atom stereocenters. The molecule has 29 heavy (non-hydrogen) atoms. The molecule has 0 aromatic carbocycles. The summed E-state index contributed by atoms with van der Waals surface area (Å²) in [6.45, 7) is 10.7. The van der Waals surface area contributed by atoms with Gasteiger partial charge in [0.2, 0.25) is 0 Å². The lowest BCUT2D eigenvalue weighted by molar-refractivity contribution is -0.170. The highest BCUT2D eigenvalue weighted by atomic mass is 16.5. The number of likely N-dealkylation sites (tertiary alicyclic amines) is 1. The molecule has 0 amide bonds. The number of carbonyl (C=O) groups excluding carboxylic acids is 1. The first-order chi connectivity index (χ1) is 14.1. The fourth-order valence-corrected chi connectivity index (χ4v) is 5.65. The van der Waals surface area contributed by atoms with Gasteiger partial charge in [-0.25, -0.2) is 0 Å². The van der Waals surface area contributed by atoms with Crippen LogP contribution in [0.3, 0.4) is 0 Å². The minimum atomic E-state index is -0.360. The molecule has 160 valence electrons. The van der Waals surface area contributed by atoms with Gasteiger partial charge in [0, 0.05) is 37.9 Å². The third-order valence-electron chi connectivity index (χ3n) is 7.14. The van der Waals surface area contributed by atoms with Crippen LogP contribution in [0.1, 0.15) is 44.0 Å². The number of aromatic nitrogens is 1. The third-order valence-corrected chi connectivity index (χ3v) is 7.14. The van der Waals surface area contributed by atoms with Crippen LogP contribution in [-0.2, 0) is 20.8 Å². The minimum absolute atomic E-state index is 0.0207. The van der Waals surface area contributed by atoms with Gasteiger partial charge >= 0.3 is 5.97 Å². The van der Waals surface area contributed by atoms with Crippen molar-refractivity contribution in [2.24, 2.45) is 11.3 Å². The molecule has 3 heterocycles. The molecule has 3 atom stereocenters. The number of ether oxygens (including phenoxy) is 2. The second-order valence-electron chi connectivity index (χ2n) is 8.92. The van der Waals surface area contributed by atoms with Crippen molar-refractivity contribution in [3.05, 3.63) is 29.6 Å². The number of rotatable bonds is 5. The van der Waals surface area contributed by atoms with Crippen molar-refractivity contribution in [1.29, 1.82) is 0 Å². The number of esters is 1. The van der Waals surface area contributed by atoms with Crippen LogP contribution in [0.5, 0.6) is 0 Å². The second-order valence-corrected chi connectivity index (χ2v) is 8.92. The average molecular weight is 402 g/mol. The summed E-state index contributed by atoms with van der Waals surface area (Å²) < 4.78 is 11.2. The first-order valence-corrected chi connectivity index (χ1v) is 11.2. The summed E-state index contributed by atoms with van der Waals surface area (Å²) in [5.74, 6) is 0.428. The fourth-order valence-electron chi connectivity index (χ4n) is 5.65. The highest BCUT2D eigenvalue weighted by molar-refractivity contribution is 5.78. The quantitative estimate of drug-likeness (QED) is 0.707. The number of pyridine rings is 1. The number of morpholine rings is 1. The van der Waals surface area contributed by atoms with Gasteiger partial charge in [-0.05, 0) is 64.1 Å². The van der Waals surface area contributed by atoms with Crippen LogP contribution < -0.4 is 0 Å². The zero-order valence-corrected chi connectivity index (χ0v) is 17.9. The van der Waals surface area contributed by atoms with E-state index in [1.807, 2.05) is 19.9 Å². The average Bonchev–Trinajstić information content (AvgIpc) is 2.74. The van der Waals surface area contributed by atoms with Crippen molar-refractivity contribution in [1.82, 2.24) is 14.8 Å².